The van der Waals surface area contributed by atoms with Crippen molar-refractivity contribution in [2.45, 2.75) is 19.3 Å². The number of carboxylic acid groups (broad SMARTS) is 1. The van der Waals surface area contributed by atoms with Crippen LogP contribution in [0.2, 0.25) is 5.02 Å². The molecule has 1 unspecified atom stereocenters. The molecule has 0 amide bonds. The van der Waals surface area contributed by atoms with Crippen LogP contribution < -0.4 is 4.74 Å². The van der Waals surface area contributed by atoms with Crippen LogP contribution in [0.3, 0.4) is 0 Å². The normalized spacial score (nSPS) is 12.0. The van der Waals surface area contributed by atoms with E-state index in [0.717, 1.165) is 5.56 Å². The lowest BCUT2D eigenvalue weighted by atomic mass is 9.91. The highest BCUT2D eigenvalue weighted by atomic mass is 35.5. The molecule has 0 aliphatic heterocycles. The maximum absolute atomic E-state index is 11.6. The predicted octanol–water partition coefficient (Wildman–Crippen LogP) is 3.77. The molecule has 2 N–H and O–H groups in total. The second kappa shape index (κ2) is 6.71. The summed E-state index contributed by atoms with van der Waals surface area (Å²) in [5.41, 5.74) is 2.25. The molecular formula is C17H17ClO4. The summed E-state index contributed by atoms with van der Waals surface area (Å²) in [6, 6.07) is 10.1. The molecule has 0 saturated carbocycles. The van der Waals surface area contributed by atoms with Gasteiger partial charge in [0.2, 0.25) is 0 Å². The van der Waals surface area contributed by atoms with Crippen LogP contribution in [0.25, 0.3) is 0 Å². The largest absolute Gasteiger partial charge is 0.504 e. The van der Waals surface area contributed by atoms with Crippen molar-refractivity contribution in [1.82, 2.24) is 0 Å². The Labute approximate surface area is 133 Å². The van der Waals surface area contributed by atoms with Crippen LogP contribution in [0.5, 0.6) is 11.5 Å². The van der Waals surface area contributed by atoms with E-state index in [1.807, 2.05) is 6.92 Å². The van der Waals surface area contributed by atoms with Gasteiger partial charge in [0.25, 0.3) is 0 Å². The minimum atomic E-state index is -0.935. The number of hydrogen-bond acceptors (Lipinski definition) is 3. The van der Waals surface area contributed by atoms with E-state index in [0.29, 0.717) is 21.9 Å². The molecule has 4 nitrogen and oxygen atoms in total. The lowest BCUT2D eigenvalue weighted by molar-refractivity contribution is -0.138. The number of aliphatic carboxylic acids is 1. The average molecular weight is 321 g/mol. The summed E-state index contributed by atoms with van der Waals surface area (Å²) in [7, 11) is 1.46. The van der Waals surface area contributed by atoms with Gasteiger partial charge in [0.15, 0.2) is 11.5 Å². The Morgan fingerprint density at radius 1 is 1.27 bits per heavy atom. The first-order valence-corrected chi connectivity index (χ1v) is 7.15. The number of carboxylic acids is 1. The molecule has 0 aliphatic carbocycles. The predicted molar refractivity (Wildman–Crippen MR) is 84.9 cm³/mol. The van der Waals surface area contributed by atoms with Crippen molar-refractivity contribution in [3.63, 3.8) is 0 Å². The zero-order valence-electron chi connectivity index (χ0n) is 12.3. The molecule has 1 atom stereocenters. The third-order valence-corrected chi connectivity index (χ3v) is 3.99. The standard InChI is InChI=1S/C17H17ClO4/c1-10-3-5-12(9-14(10)18)13(17(20)21)7-11-4-6-16(22-2)15(19)8-11/h3-6,8-9,13,19H,7H2,1-2H3,(H,20,21). The zero-order chi connectivity index (χ0) is 16.3. The zero-order valence-corrected chi connectivity index (χ0v) is 13.1. The second-order valence-corrected chi connectivity index (χ2v) is 5.52. The summed E-state index contributed by atoms with van der Waals surface area (Å²) >= 11 is 6.08. The molecule has 0 spiro atoms. The molecule has 0 heterocycles. The second-order valence-electron chi connectivity index (χ2n) is 5.11. The monoisotopic (exact) mass is 320 g/mol. The van der Waals surface area contributed by atoms with Gasteiger partial charge >= 0.3 is 5.97 Å². The number of hydrogen-bond donors (Lipinski definition) is 2. The van der Waals surface area contributed by atoms with Gasteiger partial charge < -0.3 is 14.9 Å². The first kappa shape index (κ1) is 16.2. The van der Waals surface area contributed by atoms with E-state index < -0.39 is 11.9 Å². The molecule has 22 heavy (non-hydrogen) atoms. The number of rotatable bonds is 5. The highest BCUT2D eigenvalue weighted by molar-refractivity contribution is 6.31. The van der Waals surface area contributed by atoms with Crippen molar-refractivity contribution in [3.05, 3.63) is 58.1 Å². The molecule has 0 radical (unpaired) electrons. The van der Waals surface area contributed by atoms with Crippen LogP contribution in [0.15, 0.2) is 36.4 Å². The third kappa shape index (κ3) is 3.52. The Morgan fingerprint density at radius 3 is 2.55 bits per heavy atom. The molecule has 2 aromatic rings. The van der Waals surface area contributed by atoms with E-state index in [1.54, 1.807) is 30.3 Å². The van der Waals surface area contributed by atoms with Crippen molar-refractivity contribution < 1.29 is 19.7 Å². The van der Waals surface area contributed by atoms with E-state index in [4.69, 9.17) is 16.3 Å². The quantitative estimate of drug-likeness (QED) is 0.880. The fourth-order valence-corrected chi connectivity index (χ4v) is 2.46. The topological polar surface area (TPSA) is 66.8 Å². The SMILES string of the molecule is COc1ccc(CC(C(=O)O)c2ccc(C)c(Cl)c2)cc1O. The van der Waals surface area contributed by atoms with Gasteiger partial charge in [-0.1, -0.05) is 29.8 Å². The van der Waals surface area contributed by atoms with Crippen LogP contribution in [0.4, 0.5) is 0 Å². The minimum absolute atomic E-state index is 0.00826. The summed E-state index contributed by atoms with van der Waals surface area (Å²) < 4.78 is 4.98. The molecule has 0 bridgehead atoms. The van der Waals surface area contributed by atoms with E-state index in [2.05, 4.69) is 0 Å². The summed E-state index contributed by atoms with van der Waals surface area (Å²) in [6.45, 7) is 1.86. The average Bonchev–Trinajstić information content (AvgIpc) is 2.47. The molecule has 116 valence electrons. The molecule has 0 fully saturated rings. The number of carbonyl (C=O) groups is 1. The Balaban J connectivity index is 2.31. The van der Waals surface area contributed by atoms with E-state index in [-0.39, 0.29) is 12.2 Å². The number of ether oxygens (including phenoxy) is 1. The Bertz CT molecular complexity index is 697. The van der Waals surface area contributed by atoms with Crippen LogP contribution in [0, 0.1) is 6.92 Å². The number of halogens is 1. The Kier molecular flexibility index (Phi) is 4.93. The number of phenolic OH excluding ortho intramolecular Hbond substituents is 1. The minimum Gasteiger partial charge on any atom is -0.504 e. The van der Waals surface area contributed by atoms with Crippen molar-refractivity contribution >= 4 is 17.6 Å². The summed E-state index contributed by atoms with van der Waals surface area (Å²) in [6.07, 6.45) is 0.256. The van der Waals surface area contributed by atoms with Gasteiger partial charge in [-0.15, -0.1) is 0 Å². The van der Waals surface area contributed by atoms with Crippen molar-refractivity contribution in [2.75, 3.05) is 7.11 Å². The van der Waals surface area contributed by atoms with Crippen molar-refractivity contribution in [2.24, 2.45) is 0 Å². The summed E-state index contributed by atoms with van der Waals surface area (Å²) in [4.78, 5) is 11.6. The smallest absolute Gasteiger partial charge is 0.311 e. The van der Waals surface area contributed by atoms with Crippen LogP contribution in [0.1, 0.15) is 22.6 Å². The molecular weight excluding hydrogens is 304 g/mol. The molecule has 2 rings (SSSR count). The summed E-state index contributed by atoms with van der Waals surface area (Å²) in [5.74, 6) is -1.32. The van der Waals surface area contributed by atoms with Crippen LogP contribution in [-0.2, 0) is 11.2 Å². The molecule has 0 aromatic heterocycles. The van der Waals surface area contributed by atoms with Crippen molar-refractivity contribution in [1.29, 1.82) is 0 Å². The van der Waals surface area contributed by atoms with Gasteiger partial charge in [0, 0.05) is 5.02 Å². The van der Waals surface area contributed by atoms with Gasteiger partial charge in [-0.2, -0.15) is 0 Å². The van der Waals surface area contributed by atoms with Crippen molar-refractivity contribution in [3.8, 4) is 11.5 Å². The Morgan fingerprint density at radius 2 is 2.00 bits per heavy atom. The van der Waals surface area contributed by atoms with Gasteiger partial charge in [0.05, 0.1) is 13.0 Å². The van der Waals surface area contributed by atoms with E-state index >= 15 is 0 Å². The van der Waals surface area contributed by atoms with E-state index in [1.165, 1.54) is 13.2 Å². The lowest BCUT2D eigenvalue weighted by Gasteiger charge is -2.15. The highest BCUT2D eigenvalue weighted by Gasteiger charge is 2.21. The molecule has 5 heteroatoms. The lowest BCUT2D eigenvalue weighted by Crippen LogP contribution is -2.14. The number of aromatic hydroxyl groups is 1. The van der Waals surface area contributed by atoms with Gasteiger partial charge in [-0.05, 0) is 48.2 Å². The Hall–Kier alpha value is -2.20. The maximum atomic E-state index is 11.6. The van der Waals surface area contributed by atoms with Gasteiger partial charge in [-0.25, -0.2) is 0 Å². The highest BCUT2D eigenvalue weighted by Crippen LogP contribution is 2.30. The first-order chi connectivity index (χ1) is 10.4. The molecule has 2 aromatic carbocycles. The van der Waals surface area contributed by atoms with Crippen LogP contribution in [-0.4, -0.2) is 23.3 Å². The summed E-state index contributed by atoms with van der Waals surface area (Å²) in [5, 5.41) is 19.8. The maximum Gasteiger partial charge on any atom is 0.311 e. The number of phenols is 1. The van der Waals surface area contributed by atoms with Crippen LogP contribution >= 0.6 is 11.6 Å². The van der Waals surface area contributed by atoms with Gasteiger partial charge in [-0.3, -0.25) is 4.79 Å². The number of aryl methyl sites for hydroxylation is 1. The van der Waals surface area contributed by atoms with Gasteiger partial charge in [0.1, 0.15) is 0 Å². The fraction of sp³-hybridized carbons (Fsp3) is 0.235. The molecule has 0 aliphatic rings. The fourth-order valence-electron chi connectivity index (χ4n) is 2.27. The number of methoxy groups -OCH3 is 1. The first-order valence-electron chi connectivity index (χ1n) is 6.77. The third-order valence-electron chi connectivity index (χ3n) is 3.58. The van der Waals surface area contributed by atoms with E-state index in [9.17, 15) is 15.0 Å². The number of benzene rings is 2. The molecule has 0 saturated heterocycles.